The Morgan fingerprint density at radius 1 is 2.00 bits per heavy atom. The van der Waals surface area contributed by atoms with Gasteiger partial charge in [-0.2, -0.15) is 0 Å². The topological polar surface area (TPSA) is 26.3 Å². The van der Waals surface area contributed by atoms with Crippen LogP contribution in [0.25, 0.3) is 0 Å². The zero-order chi connectivity index (χ0) is 6.57. The highest BCUT2D eigenvalue weighted by atomic mass is 28.1. The van der Waals surface area contributed by atoms with Crippen LogP contribution in [0.15, 0.2) is 0 Å². The molecule has 0 aromatic heterocycles. The molecule has 2 nitrogen and oxygen atoms in total. The molecule has 0 heterocycles. The fraction of sp³-hybridized carbons (Fsp3) is 0.600. The average molecular weight is 131 g/mol. The van der Waals surface area contributed by atoms with Gasteiger partial charge >= 0.3 is 5.97 Å². The fourth-order valence-corrected chi connectivity index (χ4v) is 0.555. The lowest BCUT2D eigenvalue weighted by molar-refractivity contribution is -0.140. The molecule has 1 unspecified atom stereocenters. The molecule has 0 amide bonds. The molecule has 0 aliphatic heterocycles. The molecular weight excluding hydrogens is 120 g/mol. The maximum atomic E-state index is 10.5. The second-order valence-electron chi connectivity index (χ2n) is 1.71. The number of ether oxygens (including phenoxy) is 1. The minimum atomic E-state index is -0.119. The van der Waals surface area contributed by atoms with Crippen LogP contribution >= 0.6 is 0 Å². The van der Waals surface area contributed by atoms with Crippen molar-refractivity contribution >= 4 is 16.2 Å². The quantitative estimate of drug-likeness (QED) is 0.374. The Hall–Kier alpha value is -0.313. The van der Waals surface area contributed by atoms with E-state index in [9.17, 15) is 4.79 Å². The maximum Gasteiger partial charge on any atom is 0.304 e. The standard InChI is InChI=1S/C5H11O2Si/c1-3-4(8)5(6)7-2/h4H,1,3H2,2,8H3. The van der Waals surface area contributed by atoms with E-state index in [0.717, 1.165) is 10.2 Å². The van der Waals surface area contributed by atoms with Crippen molar-refractivity contribution in [1.29, 1.82) is 0 Å². The van der Waals surface area contributed by atoms with Gasteiger partial charge in [-0.05, 0) is 6.42 Å². The average Bonchev–Trinajstić information content (AvgIpc) is 1.84. The predicted molar refractivity (Wildman–Crippen MR) is 35.7 cm³/mol. The molecule has 0 N–H and O–H groups in total. The van der Waals surface area contributed by atoms with Gasteiger partial charge in [0.15, 0.2) is 0 Å². The number of methoxy groups -OCH3 is 1. The summed E-state index contributed by atoms with van der Waals surface area (Å²) in [5.41, 5.74) is 0.0833. The highest BCUT2D eigenvalue weighted by Gasteiger charge is 2.08. The minimum Gasteiger partial charge on any atom is -0.469 e. The van der Waals surface area contributed by atoms with Gasteiger partial charge in [-0.15, -0.1) is 0 Å². The summed E-state index contributed by atoms with van der Waals surface area (Å²) in [5, 5.41) is 0. The highest BCUT2D eigenvalue weighted by Crippen LogP contribution is 2.04. The van der Waals surface area contributed by atoms with E-state index in [1.165, 1.54) is 7.11 Å². The zero-order valence-electron chi connectivity index (χ0n) is 5.31. The number of carbonyl (C=O) groups is 1. The van der Waals surface area contributed by atoms with Gasteiger partial charge in [-0.1, -0.05) is 6.92 Å². The Bertz CT molecular complexity index is 82.5. The molecule has 0 aromatic rings. The maximum absolute atomic E-state index is 10.5. The molecule has 0 fully saturated rings. The number of carbonyl (C=O) groups excluding carboxylic acids is 1. The van der Waals surface area contributed by atoms with Gasteiger partial charge in [0.05, 0.1) is 7.11 Å². The summed E-state index contributed by atoms with van der Waals surface area (Å²) < 4.78 is 4.46. The predicted octanol–water partition coefficient (Wildman–Crippen LogP) is -0.463. The Morgan fingerprint density at radius 2 is 2.50 bits per heavy atom. The van der Waals surface area contributed by atoms with Crippen LogP contribution in [0.3, 0.4) is 0 Å². The van der Waals surface area contributed by atoms with E-state index in [1.807, 2.05) is 0 Å². The van der Waals surface area contributed by atoms with Crippen LogP contribution in [-0.2, 0) is 9.53 Å². The molecule has 0 saturated heterocycles. The molecule has 8 heavy (non-hydrogen) atoms. The van der Waals surface area contributed by atoms with Gasteiger partial charge in [0.2, 0.25) is 0 Å². The SMILES string of the molecule is [CH2]CC([SiH3])C(=O)OC. The third-order valence-electron chi connectivity index (χ3n) is 1.04. The van der Waals surface area contributed by atoms with Crippen LogP contribution in [0.4, 0.5) is 0 Å². The van der Waals surface area contributed by atoms with Crippen LogP contribution in [0.2, 0.25) is 5.54 Å². The number of hydrogen-bond acceptors (Lipinski definition) is 2. The van der Waals surface area contributed by atoms with E-state index in [1.54, 1.807) is 0 Å². The van der Waals surface area contributed by atoms with Crippen molar-refractivity contribution in [2.45, 2.75) is 12.0 Å². The number of rotatable bonds is 2. The van der Waals surface area contributed by atoms with Crippen molar-refractivity contribution in [3.8, 4) is 0 Å². The van der Waals surface area contributed by atoms with E-state index >= 15 is 0 Å². The molecule has 1 atom stereocenters. The molecule has 0 aliphatic rings. The summed E-state index contributed by atoms with van der Waals surface area (Å²) >= 11 is 0. The second kappa shape index (κ2) is 3.66. The van der Waals surface area contributed by atoms with Crippen molar-refractivity contribution < 1.29 is 9.53 Å². The smallest absolute Gasteiger partial charge is 0.304 e. The van der Waals surface area contributed by atoms with Gasteiger partial charge in [-0.3, -0.25) is 4.79 Å². The molecule has 0 rings (SSSR count). The molecule has 47 valence electrons. The Morgan fingerprint density at radius 3 is 2.62 bits per heavy atom. The molecule has 0 bridgehead atoms. The Labute approximate surface area is 52.6 Å². The van der Waals surface area contributed by atoms with Gasteiger partial charge in [-0.25, -0.2) is 0 Å². The number of hydrogen-bond donors (Lipinski definition) is 0. The third-order valence-corrected chi connectivity index (χ3v) is 2.09. The molecule has 0 aliphatic carbocycles. The molecule has 0 aromatic carbocycles. The molecule has 0 saturated carbocycles. The summed E-state index contributed by atoms with van der Waals surface area (Å²) in [4.78, 5) is 10.5. The van der Waals surface area contributed by atoms with Crippen LogP contribution in [0.1, 0.15) is 6.42 Å². The van der Waals surface area contributed by atoms with E-state index in [4.69, 9.17) is 0 Å². The fourth-order valence-electron chi connectivity index (χ4n) is 0.319. The lowest BCUT2D eigenvalue weighted by atomic mass is 10.3. The minimum absolute atomic E-state index is 0.0833. The van der Waals surface area contributed by atoms with Crippen LogP contribution < -0.4 is 0 Å². The summed E-state index contributed by atoms with van der Waals surface area (Å²) in [6.45, 7) is 3.59. The van der Waals surface area contributed by atoms with Crippen LogP contribution in [0, 0.1) is 6.92 Å². The van der Waals surface area contributed by atoms with E-state index in [0.29, 0.717) is 6.42 Å². The van der Waals surface area contributed by atoms with Gasteiger partial charge < -0.3 is 4.74 Å². The lowest BCUT2D eigenvalue weighted by Gasteiger charge is -2.02. The van der Waals surface area contributed by atoms with Gasteiger partial charge in [0, 0.05) is 15.8 Å². The largest absolute Gasteiger partial charge is 0.469 e. The van der Waals surface area contributed by atoms with Crippen molar-refractivity contribution in [3.63, 3.8) is 0 Å². The summed E-state index contributed by atoms with van der Waals surface area (Å²) in [6, 6.07) is 0. The second-order valence-corrected chi connectivity index (χ2v) is 3.11. The van der Waals surface area contributed by atoms with Crippen molar-refractivity contribution in [1.82, 2.24) is 0 Å². The highest BCUT2D eigenvalue weighted by molar-refractivity contribution is 6.22. The lowest BCUT2D eigenvalue weighted by Crippen LogP contribution is -2.08. The first kappa shape index (κ1) is 7.69. The zero-order valence-corrected chi connectivity index (χ0v) is 7.31. The van der Waals surface area contributed by atoms with Crippen LogP contribution in [0.5, 0.6) is 0 Å². The first-order valence-corrected chi connectivity index (χ1v) is 3.75. The monoisotopic (exact) mass is 131 g/mol. The van der Waals surface area contributed by atoms with E-state index in [-0.39, 0.29) is 11.5 Å². The molecular formula is C5H11O2Si. The molecule has 1 radical (unpaired) electrons. The van der Waals surface area contributed by atoms with Crippen molar-refractivity contribution in [2.75, 3.05) is 7.11 Å². The van der Waals surface area contributed by atoms with E-state index in [2.05, 4.69) is 11.7 Å². The third kappa shape index (κ3) is 2.11. The summed E-state index contributed by atoms with van der Waals surface area (Å²) in [7, 11) is 2.25. The van der Waals surface area contributed by atoms with Crippen molar-refractivity contribution in [2.24, 2.45) is 0 Å². The van der Waals surface area contributed by atoms with E-state index < -0.39 is 0 Å². The summed E-state index contributed by atoms with van der Waals surface area (Å²) in [5.74, 6) is -0.119. The van der Waals surface area contributed by atoms with Gasteiger partial charge in [0.1, 0.15) is 0 Å². The summed E-state index contributed by atoms with van der Waals surface area (Å²) in [6.07, 6.45) is 0.666. The van der Waals surface area contributed by atoms with Crippen molar-refractivity contribution in [3.05, 3.63) is 6.92 Å². The Balaban J connectivity index is 3.46. The first-order chi connectivity index (χ1) is 3.72. The Kier molecular flexibility index (Phi) is 3.52. The first-order valence-electron chi connectivity index (χ1n) is 2.59. The number of esters is 1. The van der Waals surface area contributed by atoms with Crippen LogP contribution in [-0.4, -0.2) is 23.3 Å². The normalized spacial score (nSPS) is 13.2. The molecule has 3 heteroatoms. The van der Waals surface area contributed by atoms with Gasteiger partial charge in [0.25, 0.3) is 0 Å². The molecule has 0 spiro atoms.